The van der Waals surface area contributed by atoms with Gasteiger partial charge in [0, 0.05) is 23.7 Å². The molecule has 2 aromatic rings. The van der Waals surface area contributed by atoms with Crippen LogP contribution in [0.3, 0.4) is 0 Å². The zero-order valence-corrected chi connectivity index (χ0v) is 13.1. The molecule has 0 aliphatic rings. The molecule has 0 heterocycles. The first-order valence-corrected chi connectivity index (χ1v) is 8.03. The van der Waals surface area contributed by atoms with Crippen LogP contribution in [0.5, 0.6) is 5.75 Å². The van der Waals surface area contributed by atoms with Crippen LogP contribution in [0.1, 0.15) is 6.92 Å². The van der Waals surface area contributed by atoms with Gasteiger partial charge in [-0.3, -0.25) is 9.52 Å². The highest BCUT2D eigenvalue weighted by Crippen LogP contribution is 2.28. The SMILES string of the molecule is CC(=O)Nc1ccc(S(=O)(=O)Nc2ccc(Cl)cc2O)cc1. The minimum atomic E-state index is -3.86. The van der Waals surface area contributed by atoms with Gasteiger partial charge in [-0.2, -0.15) is 0 Å². The third kappa shape index (κ3) is 3.90. The van der Waals surface area contributed by atoms with Crippen molar-refractivity contribution in [2.45, 2.75) is 11.8 Å². The molecule has 3 N–H and O–H groups in total. The van der Waals surface area contributed by atoms with Crippen molar-refractivity contribution in [3.63, 3.8) is 0 Å². The Morgan fingerprint density at radius 3 is 2.32 bits per heavy atom. The molecule has 22 heavy (non-hydrogen) atoms. The number of amides is 1. The summed E-state index contributed by atoms with van der Waals surface area (Å²) in [5, 5.41) is 12.5. The Kier molecular flexibility index (Phi) is 4.58. The topological polar surface area (TPSA) is 95.5 Å². The Bertz CT molecular complexity index is 804. The predicted molar refractivity (Wildman–Crippen MR) is 84.7 cm³/mol. The van der Waals surface area contributed by atoms with Crippen molar-refractivity contribution >= 4 is 38.9 Å². The van der Waals surface area contributed by atoms with Gasteiger partial charge in [-0.1, -0.05) is 11.6 Å². The minimum Gasteiger partial charge on any atom is -0.506 e. The lowest BCUT2D eigenvalue weighted by Gasteiger charge is -2.10. The Hall–Kier alpha value is -2.25. The van der Waals surface area contributed by atoms with Gasteiger partial charge in [0.25, 0.3) is 10.0 Å². The zero-order valence-electron chi connectivity index (χ0n) is 11.5. The molecule has 0 saturated heterocycles. The maximum Gasteiger partial charge on any atom is 0.262 e. The van der Waals surface area contributed by atoms with Gasteiger partial charge in [0.15, 0.2) is 0 Å². The van der Waals surface area contributed by atoms with Crippen molar-refractivity contribution in [1.82, 2.24) is 0 Å². The summed E-state index contributed by atoms with van der Waals surface area (Å²) in [5.41, 5.74) is 0.510. The molecule has 8 heteroatoms. The van der Waals surface area contributed by atoms with E-state index in [1.807, 2.05) is 0 Å². The molecule has 0 bridgehead atoms. The number of aromatic hydroxyl groups is 1. The number of hydrogen-bond acceptors (Lipinski definition) is 4. The van der Waals surface area contributed by atoms with Gasteiger partial charge in [-0.15, -0.1) is 0 Å². The second-order valence-corrected chi connectivity index (χ2v) is 6.59. The largest absolute Gasteiger partial charge is 0.506 e. The number of benzene rings is 2. The average Bonchev–Trinajstić information content (AvgIpc) is 2.42. The monoisotopic (exact) mass is 340 g/mol. The van der Waals surface area contributed by atoms with Crippen LogP contribution in [0.15, 0.2) is 47.4 Å². The number of hydrogen-bond donors (Lipinski definition) is 3. The second-order valence-electron chi connectivity index (χ2n) is 4.47. The average molecular weight is 341 g/mol. The van der Waals surface area contributed by atoms with Gasteiger partial charge in [0.2, 0.25) is 5.91 Å². The lowest BCUT2D eigenvalue weighted by atomic mass is 10.3. The highest BCUT2D eigenvalue weighted by molar-refractivity contribution is 7.92. The number of carbonyl (C=O) groups is 1. The van der Waals surface area contributed by atoms with Crippen LogP contribution < -0.4 is 10.0 Å². The zero-order chi connectivity index (χ0) is 16.3. The third-order valence-corrected chi connectivity index (χ3v) is 4.31. The molecular weight excluding hydrogens is 328 g/mol. The lowest BCUT2D eigenvalue weighted by Crippen LogP contribution is -2.13. The predicted octanol–water partition coefficient (Wildman–Crippen LogP) is 2.80. The van der Waals surface area contributed by atoms with E-state index >= 15 is 0 Å². The normalized spacial score (nSPS) is 11.0. The van der Waals surface area contributed by atoms with Crippen molar-refractivity contribution in [2.75, 3.05) is 10.0 Å². The number of rotatable bonds is 4. The summed E-state index contributed by atoms with van der Waals surface area (Å²) in [5.74, 6) is -0.522. The van der Waals surface area contributed by atoms with E-state index in [2.05, 4.69) is 10.0 Å². The van der Waals surface area contributed by atoms with Crippen LogP contribution in [0, 0.1) is 0 Å². The molecule has 0 atom stereocenters. The fourth-order valence-corrected chi connectivity index (χ4v) is 2.96. The van der Waals surface area contributed by atoms with Gasteiger partial charge in [-0.05, 0) is 36.4 Å². The Morgan fingerprint density at radius 1 is 1.14 bits per heavy atom. The summed E-state index contributed by atoms with van der Waals surface area (Å²) in [6, 6.07) is 9.69. The fraction of sp³-hybridized carbons (Fsp3) is 0.0714. The molecule has 0 aromatic heterocycles. The van der Waals surface area contributed by atoms with Crippen molar-refractivity contribution in [3.05, 3.63) is 47.5 Å². The first-order valence-electron chi connectivity index (χ1n) is 6.17. The van der Waals surface area contributed by atoms with Gasteiger partial charge in [0.05, 0.1) is 10.6 Å². The number of phenolic OH excluding ortho intramolecular Hbond substituents is 1. The Morgan fingerprint density at radius 2 is 1.77 bits per heavy atom. The third-order valence-electron chi connectivity index (χ3n) is 2.69. The fourth-order valence-electron chi connectivity index (χ4n) is 1.72. The molecule has 0 saturated carbocycles. The molecule has 2 rings (SSSR count). The summed E-state index contributed by atoms with van der Waals surface area (Å²) in [6.07, 6.45) is 0. The van der Waals surface area contributed by atoms with Crippen LogP contribution in [0.25, 0.3) is 0 Å². The number of sulfonamides is 1. The smallest absolute Gasteiger partial charge is 0.262 e. The van der Waals surface area contributed by atoms with Crippen LogP contribution in [-0.2, 0) is 14.8 Å². The van der Waals surface area contributed by atoms with Crippen molar-refractivity contribution in [2.24, 2.45) is 0 Å². The van der Waals surface area contributed by atoms with Gasteiger partial charge in [-0.25, -0.2) is 8.42 Å². The number of phenols is 1. The van der Waals surface area contributed by atoms with Crippen molar-refractivity contribution < 1.29 is 18.3 Å². The van der Waals surface area contributed by atoms with E-state index < -0.39 is 10.0 Å². The molecule has 0 aliphatic carbocycles. The van der Waals surface area contributed by atoms with E-state index in [4.69, 9.17) is 11.6 Å². The Balaban J connectivity index is 2.24. The summed E-state index contributed by atoms with van der Waals surface area (Å²) >= 11 is 5.69. The molecule has 6 nitrogen and oxygen atoms in total. The molecule has 0 fully saturated rings. The standard InChI is InChI=1S/C14H13ClN2O4S/c1-9(18)16-11-3-5-12(6-4-11)22(20,21)17-13-7-2-10(15)8-14(13)19/h2-8,17,19H,1H3,(H,16,18). The maximum atomic E-state index is 12.2. The highest BCUT2D eigenvalue weighted by Gasteiger charge is 2.16. The first-order chi connectivity index (χ1) is 10.3. The quantitative estimate of drug-likeness (QED) is 0.746. The molecule has 0 aliphatic heterocycles. The van der Waals surface area contributed by atoms with E-state index in [0.717, 1.165) is 0 Å². The summed E-state index contributed by atoms with van der Waals surface area (Å²) in [6.45, 7) is 1.36. The number of nitrogens with one attached hydrogen (secondary N) is 2. The van der Waals surface area contributed by atoms with Gasteiger partial charge in [0.1, 0.15) is 5.75 Å². The minimum absolute atomic E-state index is 0.00375. The second kappa shape index (κ2) is 6.25. The molecule has 0 radical (unpaired) electrons. The molecular formula is C14H13ClN2O4S. The van der Waals surface area contributed by atoms with Gasteiger partial charge < -0.3 is 10.4 Å². The van der Waals surface area contributed by atoms with E-state index in [9.17, 15) is 18.3 Å². The van der Waals surface area contributed by atoms with Crippen LogP contribution in [0.4, 0.5) is 11.4 Å². The molecule has 0 unspecified atom stereocenters. The van der Waals surface area contributed by atoms with Crippen LogP contribution in [0.2, 0.25) is 5.02 Å². The molecule has 0 spiro atoms. The highest BCUT2D eigenvalue weighted by atomic mass is 35.5. The summed E-state index contributed by atoms with van der Waals surface area (Å²) < 4.78 is 26.7. The first kappa shape index (κ1) is 16.1. The molecule has 116 valence electrons. The van der Waals surface area contributed by atoms with Crippen molar-refractivity contribution in [1.29, 1.82) is 0 Å². The van der Waals surface area contributed by atoms with E-state index in [1.165, 1.54) is 49.4 Å². The van der Waals surface area contributed by atoms with Crippen LogP contribution >= 0.6 is 11.6 Å². The molecule has 2 aromatic carbocycles. The lowest BCUT2D eigenvalue weighted by molar-refractivity contribution is -0.114. The summed E-state index contributed by atoms with van der Waals surface area (Å²) in [7, 11) is -3.86. The molecule has 1 amide bonds. The van der Waals surface area contributed by atoms with E-state index in [-0.39, 0.29) is 22.2 Å². The van der Waals surface area contributed by atoms with E-state index in [0.29, 0.717) is 10.7 Å². The summed E-state index contributed by atoms with van der Waals surface area (Å²) in [4.78, 5) is 10.9. The van der Waals surface area contributed by atoms with E-state index in [1.54, 1.807) is 0 Å². The van der Waals surface area contributed by atoms with Crippen molar-refractivity contribution in [3.8, 4) is 5.75 Å². The number of anilines is 2. The maximum absolute atomic E-state index is 12.2. The number of halogens is 1. The van der Waals surface area contributed by atoms with Gasteiger partial charge >= 0.3 is 0 Å². The Labute approximate surface area is 132 Å². The van der Waals surface area contributed by atoms with Crippen LogP contribution in [-0.4, -0.2) is 19.4 Å². The number of carbonyl (C=O) groups excluding carboxylic acids is 1.